The van der Waals surface area contributed by atoms with Crippen molar-refractivity contribution in [2.24, 2.45) is 0 Å². The van der Waals surface area contributed by atoms with Crippen molar-refractivity contribution >= 4 is 40.2 Å². The Morgan fingerprint density at radius 1 is 1.00 bits per heavy atom. The third-order valence-corrected chi connectivity index (χ3v) is 9.37. The van der Waals surface area contributed by atoms with Crippen molar-refractivity contribution < 1.29 is 24.8 Å². The first kappa shape index (κ1) is 23.5. The molecule has 0 spiro atoms. The molecule has 72 valence electrons. The van der Waals surface area contributed by atoms with Crippen molar-refractivity contribution in [1.29, 1.82) is 0 Å². The Hall–Kier alpha value is 1.74. The second-order valence-electron chi connectivity index (χ2n) is 3.88. The van der Waals surface area contributed by atoms with E-state index in [2.05, 4.69) is 44.0 Å². The second kappa shape index (κ2) is 9.30. The van der Waals surface area contributed by atoms with E-state index in [1.54, 1.807) is 0 Å². The van der Waals surface area contributed by atoms with Crippen LogP contribution < -0.4 is 24.8 Å². The maximum Gasteiger partial charge on any atom is 2.00 e. The van der Waals surface area contributed by atoms with Crippen LogP contribution in [0.1, 0.15) is 0 Å². The average molecular weight is 257 g/mol. The van der Waals surface area contributed by atoms with Crippen LogP contribution in [0.2, 0.25) is 32.7 Å². The third-order valence-electron chi connectivity index (χ3n) is 1.83. The molecule has 0 saturated carbocycles. The molecule has 0 bridgehead atoms. The van der Waals surface area contributed by atoms with Gasteiger partial charge in [-0.2, -0.15) is 0 Å². The third kappa shape index (κ3) is 9.83. The van der Waals surface area contributed by atoms with E-state index in [9.17, 15) is 0 Å². The van der Waals surface area contributed by atoms with E-state index in [1.165, 1.54) is 0 Å². The van der Waals surface area contributed by atoms with Crippen LogP contribution in [0.3, 0.4) is 0 Å². The summed E-state index contributed by atoms with van der Waals surface area (Å²) in [5.74, 6) is 0. The molecule has 0 aromatic heterocycles. The fraction of sp³-hybridized carbons (Fsp3) is 1.00. The summed E-state index contributed by atoms with van der Waals surface area (Å²) in [5, 5.41) is 0. The molecule has 0 unspecified atom stereocenters. The van der Waals surface area contributed by atoms with Gasteiger partial charge in [0.25, 0.3) is 0 Å². The van der Waals surface area contributed by atoms with Gasteiger partial charge in [0.15, 0.2) is 0 Å². The molecular weight excluding hydrogens is 237 g/mol. The topological polar surface area (TPSA) is 3.24 Å². The summed E-state index contributed by atoms with van der Waals surface area (Å²) < 4.78 is 2.63. The van der Waals surface area contributed by atoms with Crippen molar-refractivity contribution in [1.82, 2.24) is 4.23 Å². The summed E-state index contributed by atoms with van der Waals surface area (Å²) in [5.41, 5.74) is 0. The van der Waals surface area contributed by atoms with Gasteiger partial charge in [-0.1, -0.05) is 32.7 Å². The number of hydrogen-bond donors (Lipinski definition) is 0. The zero-order valence-electron chi connectivity index (χ0n) is 8.99. The summed E-state index contributed by atoms with van der Waals surface area (Å²) in [6.07, 6.45) is 0. The molecule has 6 heteroatoms. The van der Waals surface area contributed by atoms with E-state index in [0.29, 0.717) is 0 Å². The largest absolute Gasteiger partial charge is 2.00 e. The first-order valence-electron chi connectivity index (χ1n) is 3.58. The van der Waals surface area contributed by atoms with Crippen LogP contribution in [0.15, 0.2) is 0 Å². The molecule has 12 heavy (non-hydrogen) atoms. The summed E-state index contributed by atoms with van der Waals surface area (Å²) in [4.78, 5) is 0. The summed E-state index contributed by atoms with van der Waals surface area (Å²) in [6.45, 7) is 12.0. The number of halogens is 2. The minimum absolute atomic E-state index is 0. The standard InChI is InChI=1S/C6H19NSi2.2ClH.Mg/c1-7(8(2)3)9(4,5)6;;;/h8H,1-6H3;2*1H;/q;;;+2/p-2. The quantitative estimate of drug-likeness (QED) is 0.450. The van der Waals surface area contributed by atoms with E-state index in [-0.39, 0.29) is 47.9 Å². The smallest absolute Gasteiger partial charge is 1.00 e. The van der Waals surface area contributed by atoms with Gasteiger partial charge in [-0.3, -0.25) is 0 Å². The number of nitrogens with zero attached hydrogens (tertiary/aromatic N) is 1. The molecule has 0 aromatic carbocycles. The Morgan fingerprint density at radius 3 is 1.25 bits per heavy atom. The molecule has 0 aromatic rings. The van der Waals surface area contributed by atoms with E-state index in [4.69, 9.17) is 0 Å². The predicted octanol–water partition coefficient (Wildman–Crippen LogP) is -4.64. The van der Waals surface area contributed by atoms with Gasteiger partial charge in [-0.25, -0.2) is 0 Å². The average Bonchev–Trinajstić information content (AvgIpc) is 1.62. The monoisotopic (exact) mass is 255 g/mol. The first-order chi connectivity index (χ1) is 3.85. The molecule has 0 amide bonds. The molecule has 0 aliphatic carbocycles. The van der Waals surface area contributed by atoms with Crippen LogP contribution >= 0.6 is 0 Å². The molecule has 0 rings (SSSR count). The van der Waals surface area contributed by atoms with Crippen LogP contribution in [0.5, 0.6) is 0 Å². The maximum absolute atomic E-state index is 2.63. The molecule has 1 nitrogen and oxygen atoms in total. The van der Waals surface area contributed by atoms with Crippen LogP contribution in [0, 0.1) is 0 Å². The molecule has 0 radical (unpaired) electrons. The zero-order chi connectivity index (χ0) is 7.65. The number of rotatable bonds is 2. The van der Waals surface area contributed by atoms with Crippen molar-refractivity contribution in [2.45, 2.75) is 32.7 Å². The van der Waals surface area contributed by atoms with Crippen LogP contribution in [-0.4, -0.2) is 51.5 Å². The first-order valence-corrected chi connectivity index (χ1v) is 9.86. The fourth-order valence-electron chi connectivity index (χ4n) is 0.775. The van der Waals surface area contributed by atoms with Gasteiger partial charge in [-0.05, 0) is 7.05 Å². The van der Waals surface area contributed by atoms with E-state index in [0.717, 1.165) is 0 Å². The van der Waals surface area contributed by atoms with Crippen molar-refractivity contribution in [2.75, 3.05) is 7.05 Å². The van der Waals surface area contributed by atoms with E-state index in [1.807, 2.05) is 0 Å². The van der Waals surface area contributed by atoms with Crippen molar-refractivity contribution in [3.05, 3.63) is 0 Å². The maximum atomic E-state index is 2.63. The minimum atomic E-state index is -0.929. The summed E-state index contributed by atoms with van der Waals surface area (Å²) in [7, 11) is 0.858. The molecule has 0 heterocycles. The van der Waals surface area contributed by atoms with E-state index < -0.39 is 17.2 Å². The molecule has 0 aliphatic rings. The van der Waals surface area contributed by atoms with Crippen molar-refractivity contribution in [3.8, 4) is 0 Å². The molecular formula is C6H19Cl2MgNSi2. The summed E-state index contributed by atoms with van der Waals surface area (Å²) in [6, 6.07) is 0. The van der Waals surface area contributed by atoms with Gasteiger partial charge in [0.05, 0.1) is 8.96 Å². The molecule has 0 aliphatic heterocycles. The Labute approximate surface area is 108 Å². The van der Waals surface area contributed by atoms with Gasteiger partial charge in [-0.15, -0.1) is 0 Å². The van der Waals surface area contributed by atoms with Crippen molar-refractivity contribution in [3.63, 3.8) is 0 Å². The van der Waals surface area contributed by atoms with Gasteiger partial charge in [0, 0.05) is 0 Å². The Morgan fingerprint density at radius 2 is 1.25 bits per heavy atom. The zero-order valence-corrected chi connectivity index (χ0v) is 14.1. The predicted molar refractivity (Wildman–Crippen MR) is 55.7 cm³/mol. The Balaban J connectivity index is -0.000000107. The number of hydrogen-bond acceptors (Lipinski definition) is 1. The molecule has 0 atom stereocenters. The Kier molecular flexibility index (Phi) is 18.2. The molecule has 0 N–H and O–H groups in total. The molecule has 0 fully saturated rings. The van der Waals surface area contributed by atoms with Gasteiger partial charge in [0.2, 0.25) is 0 Å². The second-order valence-corrected chi connectivity index (χ2v) is 12.4. The van der Waals surface area contributed by atoms with Crippen LogP contribution in [0.25, 0.3) is 0 Å². The SMILES string of the molecule is CN([SiH](C)C)[Si](C)(C)C.[Cl-].[Cl-].[Mg+2]. The van der Waals surface area contributed by atoms with E-state index >= 15 is 0 Å². The summed E-state index contributed by atoms with van der Waals surface area (Å²) >= 11 is 0. The van der Waals surface area contributed by atoms with Crippen LogP contribution in [-0.2, 0) is 0 Å². The minimum Gasteiger partial charge on any atom is -1.00 e. The molecule has 0 saturated heterocycles. The Bertz CT molecular complexity index is 98.0. The van der Waals surface area contributed by atoms with Crippen LogP contribution in [0.4, 0.5) is 0 Å². The van der Waals surface area contributed by atoms with Gasteiger partial charge >= 0.3 is 23.1 Å². The van der Waals surface area contributed by atoms with Gasteiger partial charge in [0.1, 0.15) is 8.24 Å². The normalized spacial score (nSPS) is 10.0. The fourth-order valence-corrected chi connectivity index (χ4v) is 6.97. The van der Waals surface area contributed by atoms with Gasteiger partial charge < -0.3 is 29.0 Å².